The van der Waals surface area contributed by atoms with Crippen molar-refractivity contribution in [1.82, 2.24) is 19.8 Å². The van der Waals surface area contributed by atoms with Crippen molar-refractivity contribution < 1.29 is 0 Å². The summed E-state index contributed by atoms with van der Waals surface area (Å²) in [6.45, 7) is 7.13. The van der Waals surface area contributed by atoms with E-state index < -0.39 is 0 Å². The van der Waals surface area contributed by atoms with Gasteiger partial charge in [-0.2, -0.15) is 9.97 Å². The Bertz CT molecular complexity index is 451. The lowest BCUT2D eigenvalue weighted by Gasteiger charge is -2.37. The maximum absolute atomic E-state index is 5.77. The molecule has 0 bridgehead atoms. The maximum Gasteiger partial charge on any atom is 0.223 e. The summed E-state index contributed by atoms with van der Waals surface area (Å²) >= 11 is 0. The van der Waals surface area contributed by atoms with Crippen LogP contribution in [-0.4, -0.2) is 72.6 Å². The van der Waals surface area contributed by atoms with E-state index in [1.807, 2.05) is 6.07 Å². The van der Waals surface area contributed by atoms with Gasteiger partial charge < -0.3 is 21.3 Å². The zero-order valence-electron chi connectivity index (χ0n) is 13.3. The van der Waals surface area contributed by atoms with Gasteiger partial charge in [-0.15, -0.1) is 0 Å². The van der Waals surface area contributed by atoms with Crippen molar-refractivity contribution in [2.75, 3.05) is 63.2 Å². The van der Waals surface area contributed by atoms with Crippen LogP contribution in [0.4, 0.5) is 17.6 Å². The Labute approximate surface area is 126 Å². The molecule has 118 valence electrons. The third-order valence-corrected chi connectivity index (χ3v) is 3.80. The number of hydrogen-bond acceptors (Lipinski definition) is 7. The second-order valence-corrected chi connectivity index (χ2v) is 5.70. The lowest BCUT2D eigenvalue weighted by Crippen LogP contribution is -2.52. The van der Waals surface area contributed by atoms with E-state index in [1.165, 1.54) is 0 Å². The molecule has 0 amide bonds. The SMILES string of the molecule is CCCNc1cc(NCC2CN(C)CCN2C)nc(N)n1. The van der Waals surface area contributed by atoms with Crippen molar-refractivity contribution in [3.05, 3.63) is 6.07 Å². The van der Waals surface area contributed by atoms with Gasteiger partial charge in [-0.3, -0.25) is 4.90 Å². The van der Waals surface area contributed by atoms with Gasteiger partial charge in [-0.25, -0.2) is 0 Å². The first-order valence-electron chi connectivity index (χ1n) is 7.59. The summed E-state index contributed by atoms with van der Waals surface area (Å²) in [5, 5.41) is 6.62. The molecule has 1 aliphatic heterocycles. The second-order valence-electron chi connectivity index (χ2n) is 5.70. The van der Waals surface area contributed by atoms with Crippen LogP contribution in [-0.2, 0) is 0 Å². The predicted octanol–water partition coefficient (Wildman–Crippen LogP) is 0.538. The Morgan fingerprint density at radius 2 is 1.95 bits per heavy atom. The fourth-order valence-electron chi connectivity index (χ4n) is 2.44. The van der Waals surface area contributed by atoms with Gasteiger partial charge in [-0.05, 0) is 20.5 Å². The number of piperazine rings is 1. The van der Waals surface area contributed by atoms with Crippen LogP contribution in [0.15, 0.2) is 6.07 Å². The minimum atomic E-state index is 0.299. The average Bonchev–Trinajstić information content (AvgIpc) is 2.45. The number of aromatic nitrogens is 2. The van der Waals surface area contributed by atoms with Gasteiger partial charge in [0.25, 0.3) is 0 Å². The fraction of sp³-hybridized carbons (Fsp3) is 0.714. The molecule has 1 aliphatic rings. The van der Waals surface area contributed by atoms with Crippen LogP contribution >= 0.6 is 0 Å². The van der Waals surface area contributed by atoms with Gasteiger partial charge in [0.2, 0.25) is 5.95 Å². The first kappa shape index (κ1) is 15.8. The van der Waals surface area contributed by atoms with Crippen molar-refractivity contribution in [3.63, 3.8) is 0 Å². The first-order chi connectivity index (χ1) is 10.1. The quantitative estimate of drug-likeness (QED) is 0.706. The molecule has 7 nitrogen and oxygen atoms in total. The minimum Gasteiger partial charge on any atom is -0.370 e. The van der Waals surface area contributed by atoms with Crippen LogP contribution in [0.1, 0.15) is 13.3 Å². The van der Waals surface area contributed by atoms with Crippen LogP contribution in [0.5, 0.6) is 0 Å². The van der Waals surface area contributed by atoms with Gasteiger partial charge >= 0.3 is 0 Å². The molecule has 21 heavy (non-hydrogen) atoms. The molecule has 1 aromatic heterocycles. The van der Waals surface area contributed by atoms with Crippen LogP contribution in [0, 0.1) is 0 Å². The Kier molecular flexibility index (Phi) is 5.58. The number of hydrogen-bond donors (Lipinski definition) is 3. The lowest BCUT2D eigenvalue weighted by molar-refractivity contribution is 0.122. The number of likely N-dealkylation sites (N-methyl/N-ethyl adjacent to an activating group) is 2. The third-order valence-electron chi connectivity index (χ3n) is 3.80. The summed E-state index contributed by atoms with van der Waals surface area (Å²) in [5.41, 5.74) is 5.77. The highest BCUT2D eigenvalue weighted by atomic mass is 15.3. The highest BCUT2D eigenvalue weighted by Crippen LogP contribution is 2.14. The summed E-state index contributed by atoms with van der Waals surface area (Å²) in [6, 6.07) is 2.39. The summed E-state index contributed by atoms with van der Waals surface area (Å²) in [4.78, 5) is 13.2. The molecule has 7 heteroatoms. The van der Waals surface area contributed by atoms with Crippen LogP contribution in [0.25, 0.3) is 0 Å². The van der Waals surface area contributed by atoms with Gasteiger partial charge in [0, 0.05) is 44.8 Å². The monoisotopic (exact) mass is 293 g/mol. The van der Waals surface area contributed by atoms with Crippen molar-refractivity contribution >= 4 is 17.6 Å². The van der Waals surface area contributed by atoms with E-state index in [1.54, 1.807) is 0 Å². The minimum absolute atomic E-state index is 0.299. The van der Waals surface area contributed by atoms with E-state index in [4.69, 9.17) is 5.73 Å². The van der Waals surface area contributed by atoms with E-state index in [2.05, 4.69) is 51.4 Å². The number of nitrogen functional groups attached to an aromatic ring is 1. The molecule has 4 N–H and O–H groups in total. The Morgan fingerprint density at radius 1 is 1.24 bits per heavy atom. The van der Waals surface area contributed by atoms with Crippen LogP contribution in [0.2, 0.25) is 0 Å². The zero-order valence-corrected chi connectivity index (χ0v) is 13.3. The molecule has 1 atom stereocenters. The van der Waals surface area contributed by atoms with Crippen molar-refractivity contribution in [3.8, 4) is 0 Å². The molecule has 0 aliphatic carbocycles. The van der Waals surface area contributed by atoms with Gasteiger partial charge in [0.05, 0.1) is 0 Å². The average molecular weight is 293 g/mol. The number of nitrogens with zero attached hydrogens (tertiary/aromatic N) is 4. The summed E-state index contributed by atoms with van der Waals surface area (Å²) < 4.78 is 0. The van der Waals surface area contributed by atoms with E-state index in [0.717, 1.165) is 50.8 Å². The van der Waals surface area contributed by atoms with Gasteiger partial charge in [-0.1, -0.05) is 6.92 Å². The topological polar surface area (TPSA) is 82.3 Å². The van der Waals surface area contributed by atoms with Crippen molar-refractivity contribution in [2.45, 2.75) is 19.4 Å². The van der Waals surface area contributed by atoms with E-state index >= 15 is 0 Å². The predicted molar refractivity (Wildman–Crippen MR) is 87.6 cm³/mol. The molecule has 2 rings (SSSR count). The van der Waals surface area contributed by atoms with E-state index in [9.17, 15) is 0 Å². The Morgan fingerprint density at radius 3 is 2.67 bits per heavy atom. The molecular formula is C14H27N7. The smallest absolute Gasteiger partial charge is 0.223 e. The highest BCUT2D eigenvalue weighted by Gasteiger charge is 2.21. The number of anilines is 3. The van der Waals surface area contributed by atoms with Crippen molar-refractivity contribution in [1.29, 1.82) is 0 Å². The van der Waals surface area contributed by atoms with E-state index in [-0.39, 0.29) is 0 Å². The molecule has 1 aromatic rings. The molecule has 1 saturated heterocycles. The molecule has 0 aromatic carbocycles. The Hall–Kier alpha value is -1.60. The standard InChI is InChI=1S/C14H27N7/c1-4-5-16-12-8-13(19-14(15)18-12)17-9-11-10-20(2)6-7-21(11)3/h8,11H,4-7,9-10H2,1-3H3,(H4,15,16,17,18,19). The van der Waals surface area contributed by atoms with Crippen molar-refractivity contribution in [2.24, 2.45) is 0 Å². The zero-order chi connectivity index (χ0) is 15.2. The van der Waals surface area contributed by atoms with Crippen LogP contribution in [0.3, 0.4) is 0 Å². The fourth-order valence-corrected chi connectivity index (χ4v) is 2.44. The molecule has 1 fully saturated rings. The lowest BCUT2D eigenvalue weighted by atomic mass is 10.2. The summed E-state index contributed by atoms with van der Waals surface area (Å²) in [5.74, 6) is 1.86. The second kappa shape index (κ2) is 7.42. The number of rotatable bonds is 6. The highest BCUT2D eigenvalue weighted by molar-refractivity contribution is 5.51. The normalized spacial score (nSPS) is 20.4. The number of nitrogens with one attached hydrogen (secondary N) is 2. The largest absolute Gasteiger partial charge is 0.370 e. The molecule has 2 heterocycles. The van der Waals surface area contributed by atoms with Crippen LogP contribution < -0.4 is 16.4 Å². The summed E-state index contributed by atoms with van der Waals surface area (Å²) in [6.07, 6.45) is 1.05. The van der Waals surface area contributed by atoms with Gasteiger partial charge in [0.15, 0.2) is 0 Å². The third kappa shape index (κ3) is 4.71. The first-order valence-corrected chi connectivity index (χ1v) is 7.59. The molecule has 0 spiro atoms. The van der Waals surface area contributed by atoms with E-state index in [0.29, 0.717) is 12.0 Å². The molecule has 1 unspecified atom stereocenters. The number of nitrogens with two attached hydrogens (primary N) is 1. The van der Waals surface area contributed by atoms with Gasteiger partial charge in [0.1, 0.15) is 11.6 Å². The molecule has 0 saturated carbocycles. The molecular weight excluding hydrogens is 266 g/mol. The maximum atomic E-state index is 5.77. The molecule has 0 radical (unpaired) electrons. The Balaban J connectivity index is 1.94. The summed E-state index contributed by atoms with van der Waals surface area (Å²) in [7, 11) is 4.33.